The minimum absolute atomic E-state index is 0.460. The zero-order valence-corrected chi connectivity index (χ0v) is 21.7. The van der Waals surface area contributed by atoms with Gasteiger partial charge in [0.15, 0.2) is 12.7 Å². The number of rotatable bonds is 6. The van der Waals surface area contributed by atoms with E-state index >= 15 is 0 Å². The minimum atomic E-state index is -4.69. The number of amides is 1. The van der Waals surface area contributed by atoms with Gasteiger partial charge < -0.3 is 4.74 Å². The molecule has 0 bridgehead atoms. The molecular weight excluding hydrogens is 536 g/mol. The largest absolute Gasteiger partial charge is 0.419 e. The van der Waals surface area contributed by atoms with Crippen molar-refractivity contribution < 1.29 is 38.4 Å². The van der Waals surface area contributed by atoms with Crippen LogP contribution < -0.4 is 39.9 Å². The van der Waals surface area contributed by atoms with Crippen molar-refractivity contribution >= 4 is 40.9 Å². The van der Waals surface area contributed by atoms with Crippen LogP contribution in [0, 0.1) is 10.2 Å². The molecule has 0 saturated carbocycles. The quantitative estimate of drug-likeness (QED) is 0.346. The van der Waals surface area contributed by atoms with Crippen LogP contribution in [0.5, 0.6) is 5.75 Å². The van der Waals surface area contributed by atoms with Gasteiger partial charge in [-0.2, -0.15) is 14.0 Å². The molecule has 4 aromatic rings. The van der Waals surface area contributed by atoms with Crippen molar-refractivity contribution in [3.05, 3.63) is 132 Å². The first-order valence-corrected chi connectivity index (χ1v) is 14.3. The highest BCUT2D eigenvalue weighted by molar-refractivity contribution is 7.99. The monoisotopic (exact) mass is 558 g/mol. The molecule has 10 heteroatoms. The minimum Gasteiger partial charge on any atom is -0.410 e. The molecule has 1 amide bonds. The number of para-hydroxylation sites is 1. The van der Waals surface area contributed by atoms with E-state index in [0.717, 1.165) is 15.9 Å². The second-order valence-electron chi connectivity index (χ2n) is 7.40. The predicted molar refractivity (Wildman–Crippen MR) is 137 cm³/mol. The molecule has 37 heavy (non-hydrogen) atoms. The number of carbonyl (C=O) groups is 1. The summed E-state index contributed by atoms with van der Waals surface area (Å²) in [6.45, 7) is 0. The van der Waals surface area contributed by atoms with Crippen LogP contribution in [0.15, 0.2) is 132 Å². The van der Waals surface area contributed by atoms with Gasteiger partial charge in [-0.3, -0.25) is 5.32 Å². The summed E-state index contributed by atoms with van der Waals surface area (Å²) in [7, 11) is -7.20. The van der Waals surface area contributed by atoms with Crippen molar-refractivity contribution in [1.82, 2.24) is 5.32 Å². The maximum Gasteiger partial charge on any atom is 0.419 e. The lowest BCUT2D eigenvalue weighted by Crippen LogP contribution is -2.58. The van der Waals surface area contributed by atoms with E-state index in [4.69, 9.17) is 35.0 Å². The van der Waals surface area contributed by atoms with Crippen molar-refractivity contribution in [2.45, 2.75) is 0 Å². The van der Waals surface area contributed by atoms with Crippen LogP contribution in [-0.4, -0.2) is 10.8 Å². The van der Waals surface area contributed by atoms with Crippen LogP contribution in [-0.2, 0) is 0 Å². The number of halogens is 2. The highest BCUT2D eigenvalue weighted by Gasteiger charge is 2.50. The van der Waals surface area contributed by atoms with E-state index in [1.807, 2.05) is 72.8 Å². The highest BCUT2D eigenvalue weighted by atomic mass is 35.7. The fourth-order valence-corrected chi connectivity index (χ4v) is 8.22. The molecule has 0 heterocycles. The van der Waals surface area contributed by atoms with Gasteiger partial charge in [-0.05, 0) is 48.5 Å². The second kappa shape index (κ2) is 13.3. The first-order valence-electron chi connectivity index (χ1n) is 10.8. The molecule has 0 saturated heterocycles. The van der Waals surface area contributed by atoms with Gasteiger partial charge in [0.05, 0.1) is 20.4 Å². The van der Waals surface area contributed by atoms with E-state index in [-0.39, 0.29) is 0 Å². The van der Waals surface area contributed by atoms with E-state index < -0.39 is 23.6 Å². The van der Waals surface area contributed by atoms with Crippen LogP contribution in [0.1, 0.15) is 0 Å². The standard InChI is InChI=1S/C27H21ClNO2P.ClHO4/c28-21-26(29-27(30)31-22-13-5-1-6-14-22)32(23-15-7-2-8-16-23,24-17-9-3-10-18-24)25-19-11-4-12-20-25;2-1(3,4)5/h1-21H;(H,2,3,4,5)/p+1/b26-21-;. The predicted octanol–water partition coefficient (Wildman–Crippen LogP) is 1.68. The SMILES string of the molecule is O=C(N/C(=C/Cl)[P+](c1ccccc1)(c1ccccc1)c1ccccc1)Oc1ccccc1.[O-][Cl+3]([O-])([O-])O. The van der Waals surface area contributed by atoms with Crippen molar-refractivity contribution in [2.75, 3.05) is 0 Å². The van der Waals surface area contributed by atoms with E-state index in [2.05, 4.69) is 41.7 Å². The third-order valence-electron chi connectivity index (χ3n) is 5.08. The second-order valence-corrected chi connectivity index (χ2v) is 11.8. The fraction of sp³-hybridized carbons (Fsp3) is 0. The number of hydrogen-bond donors (Lipinski definition) is 2. The van der Waals surface area contributed by atoms with E-state index in [1.54, 1.807) is 12.1 Å². The van der Waals surface area contributed by atoms with Gasteiger partial charge in [-0.25, -0.2) is 4.79 Å². The van der Waals surface area contributed by atoms with Crippen LogP contribution in [0.2, 0.25) is 0 Å². The molecule has 0 aromatic heterocycles. The maximum absolute atomic E-state index is 12.9. The summed E-state index contributed by atoms with van der Waals surface area (Å²) in [6, 6.07) is 39.4. The van der Waals surface area contributed by atoms with Gasteiger partial charge in [0.2, 0.25) is 0 Å². The molecule has 4 aromatic carbocycles. The van der Waals surface area contributed by atoms with Crippen LogP contribution >= 0.6 is 18.9 Å². The molecule has 0 aliphatic heterocycles. The number of carbonyl (C=O) groups excluding carboxylic acids is 1. The Kier molecular flexibility index (Phi) is 10.2. The average molecular weight is 559 g/mol. The Morgan fingerprint density at radius 1 is 0.730 bits per heavy atom. The molecule has 0 spiro atoms. The Morgan fingerprint density at radius 2 is 1.05 bits per heavy atom. The Balaban J connectivity index is 0.000000695. The van der Waals surface area contributed by atoms with Crippen LogP contribution in [0.25, 0.3) is 0 Å². The summed E-state index contributed by atoms with van der Waals surface area (Å²) in [6.07, 6.45) is -0.588. The van der Waals surface area contributed by atoms with Crippen molar-refractivity contribution in [3.8, 4) is 5.75 Å². The summed E-state index contributed by atoms with van der Waals surface area (Å²) >= 11 is 6.44. The smallest absolute Gasteiger partial charge is 0.410 e. The third-order valence-corrected chi connectivity index (χ3v) is 9.63. The van der Waals surface area contributed by atoms with Crippen molar-refractivity contribution in [3.63, 3.8) is 0 Å². The molecule has 190 valence electrons. The Morgan fingerprint density at radius 3 is 1.38 bits per heavy atom. The summed E-state index contributed by atoms with van der Waals surface area (Å²) in [5.74, 6) is 0.460. The summed E-state index contributed by atoms with van der Waals surface area (Å²) in [4.78, 5) is 12.9. The van der Waals surface area contributed by atoms with Gasteiger partial charge in [0.25, 0.3) is 0 Å². The number of benzene rings is 4. The highest BCUT2D eigenvalue weighted by Crippen LogP contribution is 2.61. The zero-order chi connectivity index (χ0) is 26.7. The summed E-state index contributed by atoms with van der Waals surface area (Å²) < 4.78 is 38.2. The van der Waals surface area contributed by atoms with Crippen LogP contribution in [0.4, 0.5) is 4.79 Å². The number of hydrogen-bond acceptors (Lipinski definition) is 6. The molecule has 4 rings (SSSR count). The number of nitrogens with one attached hydrogen (secondary N) is 1. The maximum atomic E-state index is 12.9. The molecule has 0 aliphatic carbocycles. The lowest BCUT2D eigenvalue weighted by molar-refractivity contribution is -1.92. The first kappa shape index (κ1) is 28.3. The lowest BCUT2D eigenvalue weighted by Gasteiger charge is -2.28. The van der Waals surface area contributed by atoms with Crippen LogP contribution in [0.3, 0.4) is 0 Å². The van der Waals surface area contributed by atoms with Gasteiger partial charge in [0.1, 0.15) is 21.7 Å². The molecule has 0 unspecified atom stereocenters. The first-order chi connectivity index (χ1) is 17.7. The average Bonchev–Trinajstić information content (AvgIpc) is 2.90. The molecule has 0 fully saturated rings. The normalized spacial score (nSPS) is 11.6. The molecule has 0 radical (unpaired) electrons. The fourth-order valence-electron chi connectivity index (χ4n) is 3.73. The molecule has 7 nitrogen and oxygen atoms in total. The molecule has 0 aliphatic rings. The Hall–Kier alpha value is -3.26. The van der Waals surface area contributed by atoms with Gasteiger partial charge >= 0.3 is 6.09 Å². The summed E-state index contributed by atoms with van der Waals surface area (Å²) in [5.41, 5.74) is 2.07. The topological polar surface area (TPSA) is 128 Å². The zero-order valence-electron chi connectivity index (χ0n) is 19.3. The Bertz CT molecular complexity index is 1190. The van der Waals surface area contributed by atoms with Gasteiger partial charge in [-0.1, -0.05) is 84.4 Å². The molecule has 2 N–H and O–H groups in total. The lowest BCUT2D eigenvalue weighted by atomic mass is 10.3. The molecular formula is C27H23Cl2NO6P+. The van der Waals surface area contributed by atoms with E-state index in [0.29, 0.717) is 11.2 Å². The van der Waals surface area contributed by atoms with E-state index in [9.17, 15) is 4.79 Å². The van der Waals surface area contributed by atoms with Crippen molar-refractivity contribution in [2.24, 2.45) is 0 Å². The van der Waals surface area contributed by atoms with E-state index in [1.165, 1.54) is 5.54 Å². The third kappa shape index (κ3) is 7.86. The number of ether oxygens (including phenoxy) is 1. The van der Waals surface area contributed by atoms with Crippen molar-refractivity contribution in [1.29, 1.82) is 0 Å². The summed E-state index contributed by atoms with van der Waals surface area (Å²) in [5, 5.41) is 6.19. The molecule has 0 atom stereocenters. The Labute approximate surface area is 222 Å². The van der Waals surface area contributed by atoms with Gasteiger partial charge in [-0.15, -0.1) is 0 Å². The van der Waals surface area contributed by atoms with Gasteiger partial charge in [0, 0.05) is 0 Å².